The van der Waals surface area contributed by atoms with Crippen molar-refractivity contribution in [3.05, 3.63) is 30.1 Å². The summed E-state index contributed by atoms with van der Waals surface area (Å²) in [5.74, 6) is -0.675. The fourth-order valence-corrected chi connectivity index (χ4v) is 4.33. The van der Waals surface area contributed by atoms with Crippen LogP contribution in [0.15, 0.2) is 29.2 Å². The summed E-state index contributed by atoms with van der Waals surface area (Å²) in [5, 5.41) is 0. The Labute approximate surface area is 137 Å². The second kappa shape index (κ2) is 7.40. The van der Waals surface area contributed by atoms with Gasteiger partial charge in [-0.25, -0.2) is 12.8 Å². The Bertz CT molecular complexity index is 651. The zero-order chi connectivity index (χ0) is 17.0. The molecule has 7 heteroatoms. The van der Waals surface area contributed by atoms with Crippen LogP contribution in [0.4, 0.5) is 4.39 Å². The molecular weight excluding hydrogens is 319 g/mol. The van der Waals surface area contributed by atoms with E-state index in [4.69, 9.17) is 0 Å². The number of amides is 1. The lowest BCUT2D eigenvalue weighted by Crippen LogP contribution is -2.51. The van der Waals surface area contributed by atoms with E-state index in [2.05, 4.69) is 0 Å². The molecule has 5 nitrogen and oxygen atoms in total. The molecule has 23 heavy (non-hydrogen) atoms. The summed E-state index contributed by atoms with van der Waals surface area (Å²) in [6, 6.07) is 5.37. The maximum Gasteiger partial charge on any atom is 0.246 e. The van der Waals surface area contributed by atoms with Crippen molar-refractivity contribution in [1.82, 2.24) is 9.21 Å². The molecule has 1 aromatic rings. The predicted molar refractivity (Wildman–Crippen MR) is 85.8 cm³/mol. The second-order valence-electron chi connectivity index (χ2n) is 5.67. The summed E-state index contributed by atoms with van der Waals surface area (Å²) < 4.78 is 40.1. The van der Waals surface area contributed by atoms with Crippen LogP contribution in [-0.2, 0) is 14.8 Å². The van der Waals surface area contributed by atoms with Gasteiger partial charge in [0.1, 0.15) is 10.7 Å². The molecule has 0 spiro atoms. The minimum atomic E-state index is -3.85. The third-order valence-corrected chi connectivity index (χ3v) is 6.27. The monoisotopic (exact) mass is 342 g/mol. The number of hydrogen-bond acceptors (Lipinski definition) is 3. The highest BCUT2D eigenvalue weighted by Gasteiger charge is 2.32. The van der Waals surface area contributed by atoms with Crippen molar-refractivity contribution < 1.29 is 17.6 Å². The molecule has 1 fully saturated rings. The van der Waals surface area contributed by atoms with Gasteiger partial charge < -0.3 is 4.90 Å². The number of carbonyl (C=O) groups is 1. The quantitative estimate of drug-likeness (QED) is 0.823. The van der Waals surface area contributed by atoms with Crippen LogP contribution in [0.1, 0.15) is 26.7 Å². The largest absolute Gasteiger partial charge is 0.340 e. The van der Waals surface area contributed by atoms with E-state index in [-0.39, 0.29) is 29.8 Å². The zero-order valence-corrected chi connectivity index (χ0v) is 14.4. The minimum absolute atomic E-state index is 0.00951. The first-order valence-electron chi connectivity index (χ1n) is 7.95. The van der Waals surface area contributed by atoms with Gasteiger partial charge in [-0.2, -0.15) is 4.31 Å². The number of benzene rings is 1. The molecule has 128 valence electrons. The average Bonchev–Trinajstić information content (AvgIpc) is 2.56. The Morgan fingerprint density at radius 2 is 1.70 bits per heavy atom. The van der Waals surface area contributed by atoms with Gasteiger partial charge in [-0.1, -0.05) is 26.0 Å². The molecule has 1 aliphatic rings. The summed E-state index contributed by atoms with van der Waals surface area (Å²) in [5.41, 5.74) is 0. The highest BCUT2D eigenvalue weighted by Crippen LogP contribution is 2.21. The van der Waals surface area contributed by atoms with Crippen LogP contribution < -0.4 is 0 Å². The lowest BCUT2D eigenvalue weighted by atomic mass is 10.0. The van der Waals surface area contributed by atoms with E-state index >= 15 is 0 Å². The van der Waals surface area contributed by atoms with Crippen LogP contribution >= 0.6 is 0 Å². The smallest absolute Gasteiger partial charge is 0.246 e. The summed E-state index contributed by atoms with van der Waals surface area (Å²) in [7, 11) is -3.85. The number of nitrogens with zero attached hydrogens (tertiary/aromatic N) is 2. The highest BCUT2D eigenvalue weighted by atomic mass is 32.2. The van der Waals surface area contributed by atoms with Crippen molar-refractivity contribution in [2.24, 2.45) is 5.92 Å². The maximum atomic E-state index is 13.8. The van der Waals surface area contributed by atoms with Gasteiger partial charge >= 0.3 is 0 Å². The van der Waals surface area contributed by atoms with Crippen LogP contribution in [0, 0.1) is 11.7 Å². The molecule has 0 unspecified atom stereocenters. The molecule has 1 aromatic carbocycles. The van der Waals surface area contributed by atoms with Crippen LogP contribution in [-0.4, -0.2) is 49.7 Å². The fourth-order valence-electron chi connectivity index (χ4n) is 2.84. The number of hydrogen-bond donors (Lipinski definition) is 0. The van der Waals surface area contributed by atoms with Crippen molar-refractivity contribution in [1.29, 1.82) is 0 Å². The molecule has 0 aromatic heterocycles. The topological polar surface area (TPSA) is 57.7 Å². The van der Waals surface area contributed by atoms with Gasteiger partial charge in [0.25, 0.3) is 0 Å². The van der Waals surface area contributed by atoms with Crippen molar-refractivity contribution in [2.75, 3.05) is 26.2 Å². The molecule has 1 amide bonds. The molecule has 1 aliphatic heterocycles. The third-order valence-electron chi connectivity index (χ3n) is 4.34. The maximum absolute atomic E-state index is 13.8. The lowest BCUT2D eigenvalue weighted by molar-refractivity contribution is -0.136. The van der Waals surface area contributed by atoms with Crippen molar-refractivity contribution in [3.8, 4) is 0 Å². The van der Waals surface area contributed by atoms with Gasteiger partial charge in [-0.05, 0) is 25.0 Å². The van der Waals surface area contributed by atoms with E-state index < -0.39 is 15.8 Å². The van der Waals surface area contributed by atoms with Crippen LogP contribution in [0.5, 0.6) is 0 Å². The minimum Gasteiger partial charge on any atom is -0.340 e. The standard InChI is InChI=1S/C16H23FN2O3S/c1-3-13(4-2)16(20)18-9-11-19(12-10-18)23(21,22)15-8-6-5-7-14(15)17/h5-8,13H,3-4,9-12H2,1-2H3. The average molecular weight is 342 g/mol. The molecule has 0 atom stereocenters. The first-order valence-corrected chi connectivity index (χ1v) is 9.39. The number of rotatable bonds is 5. The van der Waals surface area contributed by atoms with Gasteiger partial charge in [0.2, 0.25) is 15.9 Å². The molecule has 1 saturated heterocycles. The summed E-state index contributed by atoms with van der Waals surface area (Å²) in [6.07, 6.45) is 1.56. The fraction of sp³-hybridized carbons (Fsp3) is 0.562. The first kappa shape index (κ1) is 17.9. The normalized spacial score (nSPS) is 16.8. The van der Waals surface area contributed by atoms with Gasteiger partial charge in [0.05, 0.1) is 0 Å². The predicted octanol–water partition coefficient (Wildman–Crippen LogP) is 2.09. The molecule has 0 N–H and O–H groups in total. The van der Waals surface area contributed by atoms with Crippen LogP contribution in [0.3, 0.4) is 0 Å². The Hall–Kier alpha value is -1.47. The van der Waals surface area contributed by atoms with Gasteiger partial charge in [0, 0.05) is 32.1 Å². The second-order valence-corrected chi connectivity index (χ2v) is 7.58. The number of halogens is 1. The van der Waals surface area contributed by atoms with Gasteiger partial charge in [-0.3, -0.25) is 4.79 Å². The van der Waals surface area contributed by atoms with Crippen LogP contribution in [0.2, 0.25) is 0 Å². The Balaban J connectivity index is 2.07. The van der Waals surface area contributed by atoms with E-state index in [0.717, 1.165) is 18.9 Å². The van der Waals surface area contributed by atoms with Crippen molar-refractivity contribution in [3.63, 3.8) is 0 Å². The molecule has 0 aliphatic carbocycles. The summed E-state index contributed by atoms with van der Waals surface area (Å²) >= 11 is 0. The first-order chi connectivity index (χ1) is 10.9. The summed E-state index contributed by atoms with van der Waals surface area (Å²) in [6.45, 7) is 5.05. The molecule has 0 radical (unpaired) electrons. The van der Waals surface area contributed by atoms with E-state index in [1.54, 1.807) is 4.90 Å². The van der Waals surface area contributed by atoms with E-state index in [1.165, 1.54) is 22.5 Å². The Kier molecular flexibility index (Phi) is 5.75. The SMILES string of the molecule is CCC(CC)C(=O)N1CCN(S(=O)(=O)c2ccccc2F)CC1. The van der Waals surface area contributed by atoms with Gasteiger partial charge in [0.15, 0.2) is 0 Å². The molecule has 2 rings (SSSR count). The lowest BCUT2D eigenvalue weighted by Gasteiger charge is -2.35. The van der Waals surface area contributed by atoms with E-state index in [1.807, 2.05) is 13.8 Å². The Morgan fingerprint density at radius 3 is 2.22 bits per heavy atom. The number of sulfonamides is 1. The zero-order valence-electron chi connectivity index (χ0n) is 13.5. The highest BCUT2D eigenvalue weighted by molar-refractivity contribution is 7.89. The molecule has 0 bridgehead atoms. The Morgan fingerprint density at radius 1 is 1.13 bits per heavy atom. The number of carbonyl (C=O) groups excluding carboxylic acids is 1. The van der Waals surface area contributed by atoms with Gasteiger partial charge in [-0.15, -0.1) is 0 Å². The molecular formula is C16H23FN2O3S. The van der Waals surface area contributed by atoms with E-state index in [9.17, 15) is 17.6 Å². The van der Waals surface area contributed by atoms with Crippen LogP contribution in [0.25, 0.3) is 0 Å². The third kappa shape index (κ3) is 3.72. The molecule has 1 heterocycles. The number of piperazine rings is 1. The summed E-state index contributed by atoms with van der Waals surface area (Å²) in [4.78, 5) is 13.7. The van der Waals surface area contributed by atoms with Crippen molar-refractivity contribution in [2.45, 2.75) is 31.6 Å². The van der Waals surface area contributed by atoms with E-state index in [0.29, 0.717) is 13.1 Å². The molecule has 0 saturated carbocycles. The van der Waals surface area contributed by atoms with Crippen molar-refractivity contribution >= 4 is 15.9 Å².